The van der Waals surface area contributed by atoms with Crippen LogP contribution in [0.4, 0.5) is 0 Å². The molecule has 1 aromatic rings. The van der Waals surface area contributed by atoms with Gasteiger partial charge in [-0.3, -0.25) is 0 Å². The lowest BCUT2D eigenvalue weighted by atomic mass is 10.3. The minimum absolute atomic E-state index is 0.0327. The second-order valence-electron chi connectivity index (χ2n) is 2.08. The molecule has 0 bridgehead atoms. The largest absolute Gasteiger partial charge is 0.461 e. The first kappa shape index (κ1) is 9.74. The number of carbonyl (C=O) groups excluding carboxylic acids is 1. The van der Waals surface area contributed by atoms with Gasteiger partial charge in [-0.1, -0.05) is 0 Å². The molecule has 0 spiro atoms. The van der Waals surface area contributed by atoms with Gasteiger partial charge in [-0.25, -0.2) is 9.78 Å². The van der Waals surface area contributed by atoms with Crippen molar-refractivity contribution >= 4 is 21.9 Å². The second kappa shape index (κ2) is 4.05. The topological polar surface area (TPSA) is 78.8 Å². The fourth-order valence-corrected chi connectivity index (χ4v) is 1.15. The number of aromatic amines is 1. The fraction of sp³-hybridized carbons (Fsp3) is 0.286. The normalized spacial score (nSPS) is 9.31. The first-order valence-electron chi connectivity index (χ1n) is 3.51. The van der Waals surface area contributed by atoms with Crippen molar-refractivity contribution in [3.05, 3.63) is 16.1 Å². The van der Waals surface area contributed by atoms with Crippen LogP contribution in [-0.4, -0.2) is 22.5 Å². The Kier molecular flexibility index (Phi) is 3.03. The maximum atomic E-state index is 11.2. The smallest absolute Gasteiger partial charge is 0.357 e. The molecule has 0 unspecified atom stereocenters. The number of carbonyl (C=O) groups is 1. The molecule has 13 heavy (non-hydrogen) atoms. The van der Waals surface area contributed by atoms with Crippen LogP contribution in [-0.2, 0) is 4.74 Å². The molecule has 0 amide bonds. The summed E-state index contributed by atoms with van der Waals surface area (Å²) in [7, 11) is 0. The van der Waals surface area contributed by atoms with Crippen LogP contribution in [0.1, 0.15) is 23.1 Å². The van der Waals surface area contributed by atoms with Gasteiger partial charge in [-0.15, -0.1) is 0 Å². The van der Waals surface area contributed by atoms with E-state index < -0.39 is 5.97 Å². The summed E-state index contributed by atoms with van der Waals surface area (Å²) in [6.45, 7) is 1.95. The van der Waals surface area contributed by atoms with Crippen molar-refractivity contribution in [2.45, 2.75) is 6.92 Å². The molecule has 0 aliphatic carbocycles. The number of aromatic nitrogens is 2. The molecule has 0 atom stereocenters. The molecule has 0 saturated carbocycles. The number of ether oxygens (including phenoxy) is 1. The first-order chi connectivity index (χ1) is 6.19. The Morgan fingerprint density at radius 1 is 1.85 bits per heavy atom. The molecule has 1 N–H and O–H groups in total. The Hall–Kier alpha value is -1.35. The van der Waals surface area contributed by atoms with Crippen LogP contribution in [0.2, 0.25) is 0 Å². The monoisotopic (exact) mass is 243 g/mol. The molecule has 0 radical (unpaired) electrons. The van der Waals surface area contributed by atoms with Crippen molar-refractivity contribution in [1.29, 1.82) is 5.26 Å². The number of imidazole rings is 1. The Morgan fingerprint density at radius 3 is 3.08 bits per heavy atom. The van der Waals surface area contributed by atoms with Gasteiger partial charge >= 0.3 is 5.97 Å². The van der Waals surface area contributed by atoms with Crippen LogP contribution >= 0.6 is 15.9 Å². The Labute approximate surface area is 82.9 Å². The summed E-state index contributed by atoms with van der Waals surface area (Å²) in [6.07, 6.45) is 0. The molecular formula is C7H6BrN3O2. The van der Waals surface area contributed by atoms with Gasteiger partial charge in [0.2, 0.25) is 0 Å². The number of H-pyrrole nitrogens is 1. The highest BCUT2D eigenvalue weighted by atomic mass is 79.9. The zero-order valence-corrected chi connectivity index (χ0v) is 8.38. The van der Waals surface area contributed by atoms with E-state index in [2.05, 4.69) is 25.9 Å². The standard InChI is InChI=1S/C7H6BrN3O2/c1-2-13-6(12)5-4(3-9)10-7(8)11-5/h2H2,1H3,(H,10,11). The van der Waals surface area contributed by atoms with Gasteiger partial charge in [0, 0.05) is 0 Å². The summed E-state index contributed by atoms with van der Waals surface area (Å²) in [5, 5.41) is 8.59. The minimum Gasteiger partial charge on any atom is -0.461 e. The van der Waals surface area contributed by atoms with Gasteiger partial charge in [0.1, 0.15) is 6.07 Å². The highest BCUT2D eigenvalue weighted by Crippen LogP contribution is 2.10. The van der Waals surface area contributed by atoms with Crippen molar-refractivity contribution in [2.75, 3.05) is 6.61 Å². The van der Waals surface area contributed by atoms with Crippen LogP contribution in [0.15, 0.2) is 4.73 Å². The first-order valence-corrected chi connectivity index (χ1v) is 4.31. The third-order valence-corrected chi connectivity index (χ3v) is 1.64. The van der Waals surface area contributed by atoms with E-state index in [9.17, 15) is 4.79 Å². The zero-order valence-electron chi connectivity index (χ0n) is 6.80. The molecule has 1 rings (SSSR count). The third kappa shape index (κ3) is 2.06. The lowest BCUT2D eigenvalue weighted by molar-refractivity contribution is 0.0519. The van der Waals surface area contributed by atoms with E-state index in [-0.39, 0.29) is 18.0 Å². The third-order valence-electron chi connectivity index (χ3n) is 1.26. The highest BCUT2D eigenvalue weighted by Gasteiger charge is 2.16. The van der Waals surface area contributed by atoms with Crippen LogP contribution in [0.3, 0.4) is 0 Å². The number of rotatable bonds is 2. The van der Waals surface area contributed by atoms with Gasteiger partial charge in [-0.05, 0) is 22.9 Å². The van der Waals surface area contributed by atoms with Crippen molar-refractivity contribution in [2.24, 2.45) is 0 Å². The number of hydrogen-bond donors (Lipinski definition) is 1. The van der Waals surface area contributed by atoms with Crippen molar-refractivity contribution in [3.63, 3.8) is 0 Å². The number of nitrogens with zero attached hydrogens (tertiary/aromatic N) is 2. The summed E-state index contributed by atoms with van der Waals surface area (Å²) < 4.78 is 5.04. The Morgan fingerprint density at radius 2 is 2.54 bits per heavy atom. The SMILES string of the molecule is CCOC(=O)c1[nH]c(Br)nc1C#N. The number of nitrogens with one attached hydrogen (secondary N) is 1. The summed E-state index contributed by atoms with van der Waals surface area (Å²) in [6, 6.07) is 1.78. The summed E-state index contributed by atoms with van der Waals surface area (Å²) in [5.41, 5.74) is 0.113. The lowest BCUT2D eigenvalue weighted by Gasteiger charge is -1.97. The van der Waals surface area contributed by atoms with Crippen molar-refractivity contribution in [1.82, 2.24) is 9.97 Å². The lowest BCUT2D eigenvalue weighted by Crippen LogP contribution is -2.06. The molecule has 0 fully saturated rings. The number of halogens is 1. The fourth-order valence-electron chi connectivity index (χ4n) is 0.776. The van der Waals surface area contributed by atoms with Gasteiger partial charge in [0.05, 0.1) is 6.61 Å². The van der Waals surface area contributed by atoms with Crippen LogP contribution in [0, 0.1) is 11.3 Å². The molecule has 0 aliphatic heterocycles. The predicted molar refractivity (Wildman–Crippen MR) is 47.0 cm³/mol. The van der Waals surface area contributed by atoms with E-state index in [4.69, 9.17) is 10.00 Å². The Bertz CT molecular complexity index is 366. The maximum Gasteiger partial charge on any atom is 0.357 e. The van der Waals surface area contributed by atoms with Gasteiger partial charge in [0.15, 0.2) is 16.1 Å². The van der Waals surface area contributed by atoms with Gasteiger partial charge < -0.3 is 9.72 Å². The summed E-state index contributed by atoms with van der Waals surface area (Å²) in [4.78, 5) is 17.5. The van der Waals surface area contributed by atoms with Crippen molar-refractivity contribution in [3.8, 4) is 6.07 Å². The van der Waals surface area contributed by atoms with E-state index in [1.54, 1.807) is 13.0 Å². The number of hydrogen-bond acceptors (Lipinski definition) is 4. The summed E-state index contributed by atoms with van der Waals surface area (Å²) >= 11 is 3.02. The number of nitriles is 1. The molecule has 68 valence electrons. The highest BCUT2D eigenvalue weighted by molar-refractivity contribution is 9.10. The summed E-state index contributed by atoms with van der Waals surface area (Å²) in [5.74, 6) is -0.572. The van der Waals surface area contributed by atoms with Crippen LogP contribution in [0.25, 0.3) is 0 Å². The molecule has 0 saturated heterocycles. The maximum absolute atomic E-state index is 11.2. The zero-order chi connectivity index (χ0) is 9.84. The second-order valence-corrected chi connectivity index (χ2v) is 2.83. The molecule has 0 aliphatic rings. The van der Waals surface area contributed by atoms with Crippen LogP contribution < -0.4 is 0 Å². The number of esters is 1. The molecule has 1 aromatic heterocycles. The molecule has 0 aromatic carbocycles. The molecular weight excluding hydrogens is 238 g/mol. The van der Waals surface area contributed by atoms with E-state index >= 15 is 0 Å². The van der Waals surface area contributed by atoms with Crippen LogP contribution in [0.5, 0.6) is 0 Å². The quantitative estimate of drug-likeness (QED) is 0.793. The molecule has 1 heterocycles. The van der Waals surface area contributed by atoms with E-state index in [0.717, 1.165) is 0 Å². The predicted octanol–water partition coefficient (Wildman–Crippen LogP) is 1.22. The van der Waals surface area contributed by atoms with E-state index in [1.807, 2.05) is 0 Å². The van der Waals surface area contributed by atoms with E-state index in [1.165, 1.54) is 0 Å². The van der Waals surface area contributed by atoms with Gasteiger partial charge in [-0.2, -0.15) is 5.26 Å². The Balaban J connectivity index is 3.00. The molecule has 6 heteroatoms. The van der Waals surface area contributed by atoms with Crippen molar-refractivity contribution < 1.29 is 9.53 Å². The molecule has 5 nitrogen and oxygen atoms in total. The average Bonchev–Trinajstić information content (AvgIpc) is 2.47. The minimum atomic E-state index is -0.572. The van der Waals surface area contributed by atoms with E-state index in [0.29, 0.717) is 4.73 Å². The van der Waals surface area contributed by atoms with Gasteiger partial charge in [0.25, 0.3) is 0 Å². The average molecular weight is 244 g/mol.